The second-order valence-electron chi connectivity index (χ2n) is 10.1. The number of pyridine rings is 1. The maximum Gasteiger partial charge on any atom is 0.414 e. The molecule has 1 N–H and O–H groups in total. The molecule has 0 radical (unpaired) electrons. The number of rotatable bonds is 7. The molecule has 3 aromatic rings. The van der Waals surface area contributed by atoms with Crippen LogP contribution in [0.15, 0.2) is 36.8 Å². The van der Waals surface area contributed by atoms with Crippen molar-refractivity contribution in [2.45, 2.75) is 71.1 Å². The van der Waals surface area contributed by atoms with Crippen LogP contribution in [0.4, 0.5) is 23.7 Å². The van der Waals surface area contributed by atoms with E-state index in [0.717, 1.165) is 12.3 Å². The van der Waals surface area contributed by atoms with E-state index in [9.17, 15) is 18.7 Å². The van der Waals surface area contributed by atoms with Crippen molar-refractivity contribution in [3.05, 3.63) is 53.7 Å². The van der Waals surface area contributed by atoms with Gasteiger partial charge in [-0.2, -0.15) is 5.10 Å². The number of methoxy groups -OCH3 is 1. The molecule has 1 aliphatic heterocycles. The highest BCUT2D eigenvalue weighted by atomic mass is 19.3. The van der Waals surface area contributed by atoms with Gasteiger partial charge < -0.3 is 14.6 Å². The maximum absolute atomic E-state index is 15.0. The van der Waals surface area contributed by atoms with Crippen molar-refractivity contribution in [2.75, 3.05) is 12.0 Å². The Morgan fingerprint density at radius 1 is 1.26 bits per heavy atom. The number of benzene rings is 1. The van der Waals surface area contributed by atoms with Gasteiger partial charge in [0.05, 0.1) is 31.1 Å². The van der Waals surface area contributed by atoms with Crippen molar-refractivity contribution >= 4 is 11.8 Å². The molecule has 1 amide bonds. The van der Waals surface area contributed by atoms with Crippen LogP contribution in [0.5, 0.6) is 11.6 Å². The van der Waals surface area contributed by atoms with Gasteiger partial charge in [-0.3, -0.25) is 9.58 Å². The summed E-state index contributed by atoms with van der Waals surface area (Å²) in [5, 5.41) is 14.5. The third kappa shape index (κ3) is 5.47. The zero-order valence-corrected chi connectivity index (χ0v) is 22.0. The summed E-state index contributed by atoms with van der Waals surface area (Å²) in [5.41, 5.74) is 0.751. The number of carbonyl (C=O) groups is 1. The van der Waals surface area contributed by atoms with Gasteiger partial charge in [-0.25, -0.2) is 22.9 Å². The van der Waals surface area contributed by atoms with E-state index in [1.54, 1.807) is 43.1 Å². The molecular formula is C27H31F3N4O4. The molecule has 3 heterocycles. The maximum atomic E-state index is 15.0. The summed E-state index contributed by atoms with van der Waals surface area (Å²) in [4.78, 5) is 18.0. The lowest BCUT2D eigenvalue weighted by Crippen LogP contribution is -2.42. The number of hydrogen-bond donors (Lipinski definition) is 1. The van der Waals surface area contributed by atoms with Crippen molar-refractivity contribution in [2.24, 2.45) is 0 Å². The summed E-state index contributed by atoms with van der Waals surface area (Å²) in [6.07, 6.45) is 4.23. The standard InChI is InChI=1S/C27H31F3N4O4/c1-6-27(29,30)18-11-21(28)24(31-13-18)38-23-19(17-12-32-33(14-17)15-26(3,4)36)9-10-22-20(23)8-7-16(2)34(22)25(35)37-5/h9-14,16,36H,6-8,15H2,1-5H3/t16-/m0/s1. The molecule has 0 unspecified atom stereocenters. The lowest BCUT2D eigenvalue weighted by molar-refractivity contribution is -0.00901. The van der Waals surface area contributed by atoms with E-state index in [4.69, 9.17) is 9.47 Å². The van der Waals surface area contributed by atoms with Crippen LogP contribution in [-0.4, -0.2) is 44.7 Å². The second kappa shape index (κ2) is 10.3. The summed E-state index contributed by atoms with van der Waals surface area (Å²) in [5.74, 6) is -4.50. The van der Waals surface area contributed by atoms with Crippen molar-refractivity contribution in [1.29, 1.82) is 0 Å². The number of ether oxygens (including phenoxy) is 2. The quantitative estimate of drug-likeness (QED) is 0.398. The van der Waals surface area contributed by atoms with Crippen molar-refractivity contribution in [3.8, 4) is 22.8 Å². The molecule has 1 aromatic carbocycles. The summed E-state index contributed by atoms with van der Waals surface area (Å²) >= 11 is 0. The minimum absolute atomic E-state index is 0.159. The average Bonchev–Trinajstić information content (AvgIpc) is 3.31. The van der Waals surface area contributed by atoms with Gasteiger partial charge in [-0.1, -0.05) is 6.92 Å². The Morgan fingerprint density at radius 3 is 2.63 bits per heavy atom. The van der Waals surface area contributed by atoms with E-state index in [0.29, 0.717) is 35.2 Å². The second-order valence-corrected chi connectivity index (χ2v) is 10.1. The number of nitrogens with zero attached hydrogens (tertiary/aromatic N) is 4. The SMILES string of the molecule is CCC(F)(F)c1cnc(Oc2c(-c3cnn(CC(C)(C)O)c3)ccc3c2CC[C@H](C)N3C(=O)OC)c(F)c1. The van der Waals surface area contributed by atoms with E-state index in [2.05, 4.69) is 10.1 Å². The monoisotopic (exact) mass is 532 g/mol. The Kier molecular flexibility index (Phi) is 7.42. The van der Waals surface area contributed by atoms with Gasteiger partial charge in [0.15, 0.2) is 5.82 Å². The fraction of sp³-hybridized carbons (Fsp3) is 0.444. The molecule has 204 valence electrons. The topological polar surface area (TPSA) is 89.7 Å². The van der Waals surface area contributed by atoms with E-state index >= 15 is 4.39 Å². The van der Waals surface area contributed by atoms with Crippen LogP contribution in [0.25, 0.3) is 11.1 Å². The number of anilines is 1. The number of carbonyl (C=O) groups excluding carboxylic acids is 1. The van der Waals surface area contributed by atoms with Gasteiger partial charge in [0.25, 0.3) is 11.8 Å². The Hall–Kier alpha value is -3.60. The number of alkyl halides is 2. The highest BCUT2D eigenvalue weighted by molar-refractivity contribution is 5.92. The molecular weight excluding hydrogens is 501 g/mol. The highest BCUT2D eigenvalue weighted by Gasteiger charge is 2.34. The molecule has 0 aliphatic carbocycles. The van der Waals surface area contributed by atoms with Gasteiger partial charge in [-0.05, 0) is 51.8 Å². The zero-order chi connectivity index (χ0) is 27.8. The smallest absolute Gasteiger partial charge is 0.414 e. The van der Waals surface area contributed by atoms with Crippen LogP contribution in [0, 0.1) is 5.82 Å². The van der Waals surface area contributed by atoms with Crippen LogP contribution in [-0.2, 0) is 23.6 Å². The first kappa shape index (κ1) is 27.4. The van der Waals surface area contributed by atoms with E-state index in [1.165, 1.54) is 18.9 Å². The summed E-state index contributed by atoms with van der Waals surface area (Å²) in [7, 11) is 1.29. The highest BCUT2D eigenvalue weighted by Crippen LogP contribution is 2.45. The minimum Gasteiger partial charge on any atom is -0.452 e. The number of aliphatic hydroxyl groups is 1. The molecule has 0 saturated heterocycles. The Balaban J connectivity index is 1.84. The largest absolute Gasteiger partial charge is 0.452 e. The molecule has 2 aromatic heterocycles. The van der Waals surface area contributed by atoms with Gasteiger partial charge in [0.1, 0.15) is 5.75 Å². The summed E-state index contributed by atoms with van der Waals surface area (Å²) in [6.45, 7) is 6.74. The van der Waals surface area contributed by atoms with Crippen molar-refractivity contribution in [3.63, 3.8) is 0 Å². The van der Waals surface area contributed by atoms with Crippen molar-refractivity contribution in [1.82, 2.24) is 14.8 Å². The molecule has 4 rings (SSSR count). The number of hydrogen-bond acceptors (Lipinski definition) is 6. The van der Waals surface area contributed by atoms with Crippen molar-refractivity contribution < 1.29 is 32.5 Å². The third-order valence-corrected chi connectivity index (χ3v) is 6.49. The zero-order valence-electron chi connectivity index (χ0n) is 22.0. The van der Waals surface area contributed by atoms with Crippen LogP contribution in [0.3, 0.4) is 0 Å². The van der Waals surface area contributed by atoms with Crippen LogP contribution in [0.2, 0.25) is 0 Å². The lowest BCUT2D eigenvalue weighted by atomic mass is 9.92. The molecule has 0 bridgehead atoms. The van der Waals surface area contributed by atoms with Crippen LogP contribution >= 0.6 is 0 Å². The Morgan fingerprint density at radius 2 is 2.00 bits per heavy atom. The van der Waals surface area contributed by atoms with Gasteiger partial charge in [0.2, 0.25) is 0 Å². The Bertz CT molecular complexity index is 1340. The molecule has 0 spiro atoms. The summed E-state index contributed by atoms with van der Waals surface area (Å²) < 4.78 is 55.8. The predicted octanol–water partition coefficient (Wildman–Crippen LogP) is 6.06. The molecule has 0 fully saturated rings. The van der Waals surface area contributed by atoms with E-state index < -0.39 is 41.3 Å². The number of halogens is 3. The fourth-order valence-corrected chi connectivity index (χ4v) is 4.51. The molecule has 0 saturated carbocycles. The van der Waals surface area contributed by atoms with Gasteiger partial charge in [-0.15, -0.1) is 0 Å². The van der Waals surface area contributed by atoms with Crippen LogP contribution in [0.1, 0.15) is 51.7 Å². The third-order valence-electron chi connectivity index (χ3n) is 6.49. The first-order chi connectivity index (χ1) is 17.8. The van der Waals surface area contributed by atoms with Gasteiger partial charge in [0, 0.05) is 47.1 Å². The molecule has 11 heteroatoms. The van der Waals surface area contributed by atoms with E-state index in [1.807, 2.05) is 6.92 Å². The number of amides is 1. The predicted molar refractivity (Wildman–Crippen MR) is 135 cm³/mol. The molecule has 8 nitrogen and oxygen atoms in total. The van der Waals surface area contributed by atoms with E-state index in [-0.39, 0.29) is 18.3 Å². The minimum atomic E-state index is -3.23. The van der Waals surface area contributed by atoms with Crippen LogP contribution < -0.4 is 9.64 Å². The fourth-order valence-electron chi connectivity index (χ4n) is 4.51. The number of fused-ring (bicyclic) bond motifs is 1. The van der Waals surface area contributed by atoms with Gasteiger partial charge >= 0.3 is 6.09 Å². The number of aromatic nitrogens is 3. The molecule has 1 atom stereocenters. The first-order valence-electron chi connectivity index (χ1n) is 12.3. The molecule has 38 heavy (non-hydrogen) atoms. The Labute approximate surface area is 219 Å². The average molecular weight is 533 g/mol. The lowest BCUT2D eigenvalue weighted by Gasteiger charge is -2.35. The normalized spacial score (nSPS) is 15.8. The molecule has 1 aliphatic rings. The summed E-state index contributed by atoms with van der Waals surface area (Å²) in [6, 6.07) is 4.04. The first-order valence-corrected chi connectivity index (χ1v) is 12.3.